The topological polar surface area (TPSA) is 118 Å². The first kappa shape index (κ1) is 29.2. The van der Waals surface area contributed by atoms with Gasteiger partial charge in [0, 0.05) is 36.3 Å². The monoisotopic (exact) mass is 592 g/mol. The third-order valence-electron chi connectivity index (χ3n) is 6.77. The van der Waals surface area contributed by atoms with Gasteiger partial charge >= 0.3 is 5.97 Å². The Balaban J connectivity index is 1.28. The van der Waals surface area contributed by atoms with Crippen molar-refractivity contribution in [1.29, 1.82) is 0 Å². The number of carbonyl (C=O) groups is 2. The second-order valence-electron chi connectivity index (χ2n) is 9.88. The molecule has 41 heavy (non-hydrogen) atoms. The Labute approximate surface area is 246 Å². The summed E-state index contributed by atoms with van der Waals surface area (Å²) in [5.41, 5.74) is 4.27. The molecule has 0 saturated carbocycles. The van der Waals surface area contributed by atoms with Crippen LogP contribution in [0.5, 0.6) is 0 Å². The number of anilines is 1. The van der Waals surface area contributed by atoms with Gasteiger partial charge in [0.1, 0.15) is 0 Å². The van der Waals surface area contributed by atoms with E-state index in [1.165, 1.54) is 0 Å². The largest absolute Gasteiger partial charge is 0.481 e. The first-order chi connectivity index (χ1) is 20.0. The van der Waals surface area contributed by atoms with E-state index in [0.29, 0.717) is 30.7 Å². The molecule has 1 fully saturated rings. The zero-order valence-electron chi connectivity index (χ0n) is 22.4. The molecule has 1 aliphatic rings. The number of aliphatic carboxylic acids is 1. The Morgan fingerprint density at radius 2 is 1.78 bits per heavy atom. The number of carbonyl (C=O) groups excluding carboxylic acids is 1. The van der Waals surface area contributed by atoms with Gasteiger partial charge in [-0.2, -0.15) is 0 Å². The Hall–Kier alpha value is -3.28. The maximum atomic E-state index is 12.4. The fourth-order valence-electron chi connectivity index (χ4n) is 4.65. The lowest BCUT2D eigenvalue weighted by atomic mass is 10.0. The van der Waals surface area contributed by atoms with Crippen molar-refractivity contribution in [2.45, 2.75) is 61.5 Å². The van der Waals surface area contributed by atoms with Gasteiger partial charge in [0.2, 0.25) is 5.91 Å². The van der Waals surface area contributed by atoms with Crippen LogP contribution in [0.15, 0.2) is 77.1 Å². The highest BCUT2D eigenvalue weighted by Gasteiger charge is 2.32. The summed E-state index contributed by atoms with van der Waals surface area (Å²) in [5.74, 6) is -0.312. The lowest BCUT2D eigenvalue weighted by Crippen LogP contribution is -2.31. The van der Waals surface area contributed by atoms with Crippen LogP contribution in [-0.4, -0.2) is 38.9 Å². The molecule has 214 valence electrons. The number of nitrogens with zero attached hydrogens (tertiary/aromatic N) is 1. The van der Waals surface area contributed by atoms with Gasteiger partial charge in [-0.25, -0.2) is 4.98 Å². The van der Waals surface area contributed by atoms with Crippen LogP contribution in [-0.2, 0) is 25.7 Å². The summed E-state index contributed by atoms with van der Waals surface area (Å²) in [6.07, 6.45) is 0.989. The lowest BCUT2D eigenvalue weighted by Gasteiger charge is -2.36. The smallest absolute Gasteiger partial charge is 0.303 e. The zero-order valence-corrected chi connectivity index (χ0v) is 24.0. The van der Waals surface area contributed by atoms with Crippen molar-refractivity contribution in [3.8, 4) is 0 Å². The van der Waals surface area contributed by atoms with Crippen LogP contribution in [0, 0.1) is 0 Å². The molecular weight excluding hydrogens is 560 g/mol. The SMILES string of the molecule is O=C(O)CCCCC(=O)Nc1cccc([C@H]2O[C@@H](CSc3nc4ccccc4s3)C[C@@H](c3ccc(CO)cc3)O2)c1. The predicted octanol–water partition coefficient (Wildman–Crippen LogP) is 6.71. The van der Waals surface area contributed by atoms with Crippen LogP contribution < -0.4 is 5.32 Å². The number of nitrogens with one attached hydrogen (secondary N) is 1. The number of hydrogen-bond donors (Lipinski definition) is 3. The standard InChI is InChI=1S/C31H32N2O6S2/c34-18-20-12-14-21(15-13-20)26-17-24(19-40-31-33-25-8-1-2-9-27(25)41-31)38-30(39-26)22-6-5-7-23(16-22)32-28(35)10-3-4-11-29(36)37/h1-2,5-9,12-16,24,26,30,34H,3-4,10-11,17-19H2,(H,32,35)(H,36,37)/t24-,26+,30+/m1/s1. The normalized spacial score (nSPS) is 18.8. The molecule has 5 rings (SSSR count). The number of benzene rings is 3. The highest BCUT2D eigenvalue weighted by Crippen LogP contribution is 2.40. The van der Waals surface area contributed by atoms with Gasteiger partial charge in [0.25, 0.3) is 0 Å². The molecular formula is C31H32N2O6S2. The van der Waals surface area contributed by atoms with E-state index < -0.39 is 12.3 Å². The summed E-state index contributed by atoms with van der Waals surface area (Å²) in [5, 5.41) is 21.1. The molecule has 4 aromatic rings. The number of hydrogen-bond acceptors (Lipinski definition) is 8. The molecule has 2 heterocycles. The van der Waals surface area contributed by atoms with Crippen LogP contribution in [0.3, 0.4) is 0 Å². The second-order valence-corrected chi connectivity index (χ2v) is 12.2. The van der Waals surface area contributed by atoms with Gasteiger partial charge in [0.15, 0.2) is 10.6 Å². The van der Waals surface area contributed by atoms with Crippen LogP contribution in [0.25, 0.3) is 10.2 Å². The van der Waals surface area contributed by atoms with Gasteiger partial charge in [-0.05, 0) is 48.2 Å². The number of aliphatic hydroxyl groups excluding tert-OH is 1. The molecule has 3 N–H and O–H groups in total. The number of carboxylic acid groups (broad SMARTS) is 1. The molecule has 0 bridgehead atoms. The quantitative estimate of drug-likeness (QED) is 0.123. The van der Waals surface area contributed by atoms with Gasteiger partial charge in [-0.15, -0.1) is 11.3 Å². The van der Waals surface area contributed by atoms with Crippen LogP contribution in [0.1, 0.15) is 61.2 Å². The minimum absolute atomic E-state index is 0.0168. The van der Waals surface area contributed by atoms with Gasteiger partial charge < -0.3 is 25.0 Å². The van der Waals surface area contributed by atoms with Crippen LogP contribution in [0.2, 0.25) is 0 Å². The minimum Gasteiger partial charge on any atom is -0.481 e. The van der Waals surface area contributed by atoms with Crippen molar-refractivity contribution in [3.63, 3.8) is 0 Å². The number of amides is 1. The molecule has 0 unspecified atom stereocenters. The average Bonchev–Trinajstić information content (AvgIpc) is 3.41. The first-order valence-electron chi connectivity index (χ1n) is 13.6. The van der Waals surface area contributed by atoms with Crippen molar-refractivity contribution < 1.29 is 29.3 Å². The summed E-state index contributed by atoms with van der Waals surface area (Å²) in [7, 11) is 0. The zero-order chi connectivity index (χ0) is 28.6. The van der Waals surface area contributed by atoms with Crippen molar-refractivity contribution in [3.05, 3.63) is 89.5 Å². The highest BCUT2D eigenvalue weighted by molar-refractivity contribution is 8.01. The number of aromatic nitrogens is 1. The van der Waals surface area contributed by atoms with Crippen molar-refractivity contribution >= 4 is 50.9 Å². The molecule has 3 aromatic carbocycles. The third-order valence-corrected chi connectivity index (χ3v) is 9.08. The highest BCUT2D eigenvalue weighted by atomic mass is 32.2. The molecule has 0 spiro atoms. The maximum absolute atomic E-state index is 12.4. The molecule has 8 nitrogen and oxygen atoms in total. The number of para-hydroxylation sites is 1. The molecule has 10 heteroatoms. The Kier molecular flexibility index (Phi) is 10.0. The lowest BCUT2D eigenvalue weighted by molar-refractivity contribution is -0.245. The number of fused-ring (bicyclic) bond motifs is 1. The predicted molar refractivity (Wildman–Crippen MR) is 160 cm³/mol. The fourth-order valence-corrected chi connectivity index (χ4v) is 6.76. The van der Waals surface area contributed by atoms with Crippen LogP contribution in [0.4, 0.5) is 5.69 Å². The number of aliphatic hydroxyl groups is 1. The van der Waals surface area contributed by atoms with Crippen molar-refractivity contribution in [2.24, 2.45) is 0 Å². The van der Waals surface area contributed by atoms with Crippen molar-refractivity contribution in [1.82, 2.24) is 4.98 Å². The molecule has 0 radical (unpaired) electrons. The molecule has 1 aromatic heterocycles. The fraction of sp³-hybridized carbons (Fsp3) is 0.323. The molecule has 0 aliphatic carbocycles. The Morgan fingerprint density at radius 3 is 2.56 bits per heavy atom. The molecule has 1 aliphatic heterocycles. The van der Waals surface area contributed by atoms with Gasteiger partial charge in [0.05, 0.1) is 29.0 Å². The van der Waals surface area contributed by atoms with E-state index in [-0.39, 0.29) is 37.6 Å². The Morgan fingerprint density at radius 1 is 0.976 bits per heavy atom. The first-order valence-corrected chi connectivity index (χ1v) is 15.4. The van der Waals surface area contributed by atoms with Crippen LogP contribution >= 0.6 is 23.1 Å². The number of thiazole rings is 1. The summed E-state index contributed by atoms with van der Waals surface area (Å²) < 4.78 is 15.1. The number of ether oxygens (including phenoxy) is 2. The second kappa shape index (κ2) is 14.1. The third kappa shape index (κ3) is 8.15. The molecule has 1 saturated heterocycles. The van der Waals surface area contributed by atoms with Gasteiger partial charge in [-0.3, -0.25) is 9.59 Å². The average molecular weight is 593 g/mol. The van der Waals surface area contributed by atoms with E-state index in [1.54, 1.807) is 23.1 Å². The van der Waals surface area contributed by atoms with E-state index in [2.05, 4.69) is 11.4 Å². The summed E-state index contributed by atoms with van der Waals surface area (Å²) in [6.45, 7) is -0.0168. The van der Waals surface area contributed by atoms with E-state index in [9.17, 15) is 14.7 Å². The van der Waals surface area contributed by atoms with E-state index in [0.717, 1.165) is 31.2 Å². The van der Waals surface area contributed by atoms with Gasteiger partial charge in [-0.1, -0.05) is 60.3 Å². The molecule has 1 amide bonds. The summed E-state index contributed by atoms with van der Waals surface area (Å²) >= 11 is 3.35. The summed E-state index contributed by atoms with van der Waals surface area (Å²) in [6, 6.07) is 23.3. The number of unbranched alkanes of at least 4 members (excludes halogenated alkanes) is 1. The number of carboxylic acids is 1. The molecule has 3 atom stereocenters. The van der Waals surface area contributed by atoms with E-state index in [4.69, 9.17) is 19.6 Å². The maximum Gasteiger partial charge on any atom is 0.303 e. The summed E-state index contributed by atoms with van der Waals surface area (Å²) in [4.78, 5) is 27.9. The number of rotatable bonds is 12. The van der Waals surface area contributed by atoms with E-state index in [1.807, 2.05) is 66.7 Å². The minimum atomic E-state index is -0.856. The van der Waals surface area contributed by atoms with E-state index >= 15 is 0 Å². The Bertz CT molecular complexity index is 1440. The van der Waals surface area contributed by atoms with Crippen molar-refractivity contribution in [2.75, 3.05) is 11.1 Å². The number of thioether (sulfide) groups is 1.